The van der Waals surface area contributed by atoms with Crippen LogP contribution in [0.2, 0.25) is 5.02 Å². The second-order valence-corrected chi connectivity index (χ2v) is 8.64. The van der Waals surface area contributed by atoms with Crippen LogP contribution < -0.4 is 4.90 Å². The van der Waals surface area contributed by atoms with E-state index in [1.54, 1.807) is 55.6 Å². The summed E-state index contributed by atoms with van der Waals surface area (Å²) in [5, 5.41) is 11.7. The standard InChI is InChI=1S/C24H21ClN2O5/c1-26-18-7-3-2-6-17(18)24(23(26)31)19(20(28)14-8-10-15(25)11-9-14)21(29)22(30)27(24)13-16-5-4-12-32-16/h2-3,6-11,16,28H,4-5,12-13H2,1H3/t16-,24-/m0/s1. The normalized spacial score (nSPS) is 26.4. The number of nitrogens with zero attached hydrogens (tertiary/aromatic N) is 2. The molecule has 0 saturated carbocycles. The number of halogens is 1. The van der Waals surface area contributed by atoms with Crippen molar-refractivity contribution in [3.63, 3.8) is 0 Å². The van der Waals surface area contributed by atoms with Crippen molar-refractivity contribution in [3.05, 3.63) is 70.3 Å². The number of anilines is 1. The molecule has 8 heteroatoms. The van der Waals surface area contributed by atoms with Crippen LogP contribution in [0.5, 0.6) is 0 Å². The number of benzene rings is 2. The second-order valence-electron chi connectivity index (χ2n) is 8.20. The predicted octanol–water partition coefficient (Wildman–Crippen LogP) is 3.07. The van der Waals surface area contributed by atoms with E-state index in [4.69, 9.17) is 16.3 Å². The van der Waals surface area contributed by atoms with Gasteiger partial charge in [-0.2, -0.15) is 0 Å². The zero-order valence-electron chi connectivity index (χ0n) is 17.4. The van der Waals surface area contributed by atoms with E-state index < -0.39 is 28.9 Å². The molecule has 1 spiro atoms. The largest absolute Gasteiger partial charge is 0.507 e. The van der Waals surface area contributed by atoms with Gasteiger partial charge in [-0.15, -0.1) is 0 Å². The molecule has 2 atom stereocenters. The number of likely N-dealkylation sites (tertiary alicyclic amines) is 1. The molecule has 0 aromatic heterocycles. The first-order valence-corrected chi connectivity index (χ1v) is 10.8. The van der Waals surface area contributed by atoms with Gasteiger partial charge in [0.2, 0.25) is 0 Å². The lowest BCUT2D eigenvalue weighted by Gasteiger charge is -2.35. The van der Waals surface area contributed by atoms with E-state index in [0.29, 0.717) is 28.4 Å². The molecule has 3 aliphatic rings. The number of fused-ring (bicyclic) bond motifs is 2. The molecule has 32 heavy (non-hydrogen) atoms. The summed E-state index contributed by atoms with van der Waals surface area (Å²) in [4.78, 5) is 43.2. The number of hydrogen-bond acceptors (Lipinski definition) is 5. The maximum atomic E-state index is 13.8. The smallest absolute Gasteiger partial charge is 0.296 e. The number of aliphatic hydroxyl groups excluding tert-OH is 1. The van der Waals surface area contributed by atoms with Crippen molar-refractivity contribution in [1.29, 1.82) is 0 Å². The number of carbonyl (C=O) groups is 3. The first-order valence-electron chi connectivity index (χ1n) is 10.4. The van der Waals surface area contributed by atoms with Gasteiger partial charge in [0.1, 0.15) is 5.76 Å². The number of amides is 2. The second kappa shape index (κ2) is 7.46. The summed E-state index contributed by atoms with van der Waals surface area (Å²) in [6, 6.07) is 13.3. The van der Waals surface area contributed by atoms with Crippen molar-refractivity contribution in [2.75, 3.05) is 25.1 Å². The van der Waals surface area contributed by atoms with Crippen LogP contribution in [0.3, 0.4) is 0 Å². The Bertz CT molecular complexity index is 1170. The molecule has 3 aliphatic heterocycles. The highest BCUT2D eigenvalue weighted by atomic mass is 35.5. The zero-order valence-corrected chi connectivity index (χ0v) is 18.1. The maximum absolute atomic E-state index is 13.8. The average Bonchev–Trinajstić information content (AvgIpc) is 3.45. The third-order valence-corrected chi connectivity index (χ3v) is 6.72. The molecule has 0 radical (unpaired) electrons. The number of hydrogen-bond donors (Lipinski definition) is 1. The third kappa shape index (κ3) is 2.74. The molecule has 0 unspecified atom stereocenters. The van der Waals surface area contributed by atoms with Gasteiger partial charge in [-0.3, -0.25) is 14.4 Å². The number of rotatable bonds is 3. The van der Waals surface area contributed by atoms with Crippen LogP contribution in [-0.2, 0) is 24.7 Å². The van der Waals surface area contributed by atoms with E-state index in [-0.39, 0.29) is 18.2 Å². The lowest BCUT2D eigenvalue weighted by Crippen LogP contribution is -2.53. The lowest BCUT2D eigenvalue weighted by molar-refractivity contribution is -0.145. The highest BCUT2D eigenvalue weighted by Crippen LogP contribution is 2.53. The Labute approximate surface area is 189 Å². The molecule has 2 amide bonds. The molecule has 0 aliphatic carbocycles. The van der Waals surface area contributed by atoms with Gasteiger partial charge in [0.05, 0.1) is 11.7 Å². The number of ketones is 1. The fraction of sp³-hybridized carbons (Fsp3) is 0.292. The lowest BCUT2D eigenvalue weighted by atomic mass is 9.81. The Hall–Kier alpha value is -3.16. The predicted molar refractivity (Wildman–Crippen MR) is 118 cm³/mol. The number of likely N-dealkylation sites (N-methyl/N-ethyl adjacent to an activating group) is 1. The minimum absolute atomic E-state index is 0.0793. The number of ether oxygens (including phenoxy) is 1. The van der Waals surface area contributed by atoms with Crippen molar-refractivity contribution in [1.82, 2.24) is 4.90 Å². The van der Waals surface area contributed by atoms with Crippen LogP contribution >= 0.6 is 11.6 Å². The van der Waals surface area contributed by atoms with Crippen LogP contribution in [0.4, 0.5) is 5.69 Å². The highest BCUT2D eigenvalue weighted by molar-refractivity contribution is 6.50. The molecule has 2 saturated heterocycles. The zero-order chi connectivity index (χ0) is 22.6. The van der Waals surface area contributed by atoms with Crippen LogP contribution in [0.15, 0.2) is 54.1 Å². The minimum atomic E-state index is -1.75. The van der Waals surface area contributed by atoms with Crippen LogP contribution in [-0.4, -0.2) is 53.9 Å². The van der Waals surface area contributed by atoms with E-state index >= 15 is 0 Å². The van der Waals surface area contributed by atoms with Gasteiger partial charge in [0, 0.05) is 42.0 Å². The third-order valence-electron chi connectivity index (χ3n) is 6.47. The fourth-order valence-corrected chi connectivity index (χ4v) is 5.09. The Balaban J connectivity index is 1.79. The summed E-state index contributed by atoms with van der Waals surface area (Å²) in [7, 11) is 1.60. The van der Waals surface area contributed by atoms with Crippen LogP contribution in [0, 0.1) is 0 Å². The Morgan fingerprint density at radius 2 is 1.88 bits per heavy atom. The van der Waals surface area contributed by atoms with Gasteiger partial charge in [-0.25, -0.2) is 0 Å². The number of carbonyl (C=O) groups excluding carboxylic acids is 3. The van der Waals surface area contributed by atoms with E-state index in [1.165, 1.54) is 9.80 Å². The first kappa shape index (κ1) is 20.7. The SMILES string of the molecule is CN1C(=O)[C@@]2(C(=C(O)c3ccc(Cl)cc3)C(=O)C(=O)N2C[C@@H]2CCCO2)c2ccccc21. The Kier molecular flexibility index (Phi) is 4.83. The van der Waals surface area contributed by atoms with E-state index in [2.05, 4.69) is 0 Å². The number of aliphatic hydroxyl groups is 1. The van der Waals surface area contributed by atoms with Crippen molar-refractivity contribution in [2.24, 2.45) is 0 Å². The van der Waals surface area contributed by atoms with Gasteiger partial charge in [0.15, 0.2) is 5.54 Å². The van der Waals surface area contributed by atoms with Gasteiger partial charge in [0.25, 0.3) is 17.6 Å². The summed E-state index contributed by atoms with van der Waals surface area (Å²) >= 11 is 5.97. The molecule has 7 nitrogen and oxygen atoms in total. The summed E-state index contributed by atoms with van der Waals surface area (Å²) in [6.45, 7) is 0.646. The van der Waals surface area contributed by atoms with Crippen molar-refractivity contribution in [3.8, 4) is 0 Å². The maximum Gasteiger partial charge on any atom is 0.296 e. The van der Waals surface area contributed by atoms with Crippen molar-refractivity contribution < 1.29 is 24.2 Å². The molecular formula is C24H21ClN2O5. The monoisotopic (exact) mass is 452 g/mol. The summed E-state index contributed by atoms with van der Waals surface area (Å²) in [5.74, 6) is -2.59. The van der Waals surface area contributed by atoms with Crippen LogP contribution in [0.1, 0.15) is 24.0 Å². The van der Waals surface area contributed by atoms with Gasteiger partial charge >= 0.3 is 0 Å². The molecule has 2 fully saturated rings. The van der Waals surface area contributed by atoms with E-state index in [0.717, 1.165) is 12.8 Å². The van der Waals surface area contributed by atoms with Crippen LogP contribution in [0.25, 0.3) is 5.76 Å². The molecule has 164 valence electrons. The van der Waals surface area contributed by atoms with Gasteiger partial charge in [-0.05, 0) is 43.2 Å². The molecule has 2 aromatic rings. The average molecular weight is 453 g/mol. The fourth-order valence-electron chi connectivity index (χ4n) is 4.97. The van der Waals surface area contributed by atoms with Gasteiger partial charge < -0.3 is 19.6 Å². The van der Waals surface area contributed by atoms with E-state index in [1.807, 2.05) is 0 Å². The van der Waals surface area contributed by atoms with Gasteiger partial charge in [-0.1, -0.05) is 29.8 Å². The first-order chi connectivity index (χ1) is 15.4. The quantitative estimate of drug-likeness (QED) is 0.439. The Morgan fingerprint density at radius 1 is 1.16 bits per heavy atom. The summed E-state index contributed by atoms with van der Waals surface area (Å²) < 4.78 is 5.72. The molecule has 0 bridgehead atoms. The number of Topliss-reactive ketones (excluding diaryl/α,β-unsaturated/α-hetero) is 1. The molecule has 2 aromatic carbocycles. The Morgan fingerprint density at radius 3 is 2.56 bits per heavy atom. The molecule has 1 N–H and O–H groups in total. The van der Waals surface area contributed by atoms with Crippen molar-refractivity contribution in [2.45, 2.75) is 24.5 Å². The van der Waals surface area contributed by atoms with E-state index in [9.17, 15) is 19.5 Å². The molecular weight excluding hydrogens is 432 g/mol. The summed E-state index contributed by atoms with van der Waals surface area (Å²) in [6.07, 6.45) is 1.28. The molecule has 3 heterocycles. The minimum Gasteiger partial charge on any atom is -0.507 e. The number of para-hydroxylation sites is 1. The molecule has 5 rings (SSSR count). The highest BCUT2D eigenvalue weighted by Gasteiger charge is 2.66. The topological polar surface area (TPSA) is 87.2 Å². The van der Waals surface area contributed by atoms with Crippen molar-refractivity contribution >= 4 is 40.6 Å². The summed E-state index contributed by atoms with van der Waals surface area (Å²) in [5.41, 5.74) is -0.623.